The lowest BCUT2D eigenvalue weighted by Gasteiger charge is -2.31. The Morgan fingerprint density at radius 2 is 1.88 bits per heavy atom. The minimum atomic E-state index is -3.92. The number of aromatic nitrogens is 2. The lowest BCUT2D eigenvalue weighted by Crippen LogP contribution is -2.44. The first-order chi connectivity index (χ1) is 16.2. The number of anilines is 1. The Hall–Kier alpha value is -2.79. The molecule has 0 radical (unpaired) electrons. The van der Waals surface area contributed by atoms with Crippen molar-refractivity contribution in [3.8, 4) is 0 Å². The van der Waals surface area contributed by atoms with Crippen LogP contribution in [0.4, 0.5) is 10.1 Å². The van der Waals surface area contributed by atoms with Crippen LogP contribution >= 0.6 is 0 Å². The molecule has 0 saturated carbocycles. The number of likely N-dealkylation sites (tertiary alicyclic amines) is 1. The largest absolute Gasteiger partial charge is 0.341 e. The summed E-state index contributed by atoms with van der Waals surface area (Å²) in [7, 11) is -3.92. The van der Waals surface area contributed by atoms with Gasteiger partial charge in [0.1, 0.15) is 17.3 Å². The van der Waals surface area contributed by atoms with Crippen LogP contribution in [0.25, 0.3) is 0 Å². The third-order valence-corrected chi connectivity index (χ3v) is 8.62. The van der Waals surface area contributed by atoms with Crippen LogP contribution in [0, 0.1) is 25.6 Å². The summed E-state index contributed by atoms with van der Waals surface area (Å²) < 4.78 is 43.3. The Labute approximate surface area is 199 Å². The van der Waals surface area contributed by atoms with E-state index in [0.717, 1.165) is 25.9 Å². The zero-order valence-corrected chi connectivity index (χ0v) is 20.3. The molecule has 0 unspecified atom stereocenters. The number of hydrogen-bond acceptors (Lipinski definition) is 5. The molecule has 1 atom stereocenters. The molecule has 1 aromatic carbocycles. The van der Waals surface area contributed by atoms with Crippen molar-refractivity contribution < 1.29 is 22.4 Å². The number of sulfonamides is 1. The molecular formula is C23H30FN5O4S. The highest BCUT2D eigenvalue weighted by Crippen LogP contribution is 2.28. The Bertz CT molecular complexity index is 1190. The number of rotatable bonds is 6. The predicted molar refractivity (Wildman–Crippen MR) is 124 cm³/mol. The molecule has 0 bridgehead atoms. The molecular weight excluding hydrogens is 461 g/mol. The monoisotopic (exact) mass is 491 g/mol. The van der Waals surface area contributed by atoms with E-state index < -0.39 is 21.8 Å². The van der Waals surface area contributed by atoms with Gasteiger partial charge in [-0.1, -0.05) is 6.07 Å². The van der Waals surface area contributed by atoms with Crippen LogP contribution in [-0.4, -0.2) is 65.4 Å². The number of carbonyl (C=O) groups is 2. The van der Waals surface area contributed by atoms with Gasteiger partial charge in [0.15, 0.2) is 0 Å². The summed E-state index contributed by atoms with van der Waals surface area (Å²) in [4.78, 5) is 27.2. The fraction of sp³-hybridized carbons (Fsp3) is 0.522. The van der Waals surface area contributed by atoms with Crippen LogP contribution in [0.5, 0.6) is 0 Å². The van der Waals surface area contributed by atoms with Crippen LogP contribution in [0.2, 0.25) is 0 Å². The smallest absolute Gasteiger partial charge is 0.246 e. The van der Waals surface area contributed by atoms with Gasteiger partial charge in [0.05, 0.1) is 17.3 Å². The third-order valence-electron chi connectivity index (χ3n) is 6.50. The summed E-state index contributed by atoms with van der Waals surface area (Å²) in [6.07, 6.45) is 3.02. The minimum absolute atomic E-state index is 0.000853. The number of aryl methyl sites for hydroxylation is 1. The lowest BCUT2D eigenvalue weighted by molar-refractivity contribution is -0.131. The molecule has 0 spiro atoms. The second-order valence-electron chi connectivity index (χ2n) is 8.95. The summed E-state index contributed by atoms with van der Waals surface area (Å²) >= 11 is 0. The number of nitrogens with one attached hydrogen (secondary N) is 1. The van der Waals surface area contributed by atoms with Gasteiger partial charge >= 0.3 is 0 Å². The van der Waals surface area contributed by atoms with Gasteiger partial charge in [0.2, 0.25) is 21.8 Å². The number of nitrogens with zero attached hydrogens (tertiary/aromatic N) is 4. The summed E-state index contributed by atoms with van der Waals surface area (Å²) in [6.45, 7) is 5.03. The number of benzene rings is 1. The van der Waals surface area contributed by atoms with Crippen LogP contribution in [-0.2, 0) is 26.2 Å². The van der Waals surface area contributed by atoms with Crippen LogP contribution in [0.1, 0.15) is 37.1 Å². The SMILES string of the molecule is Cc1nn(CC(=O)N2CCCC2)c(C)c1S(=O)(=O)N1CCC[C@@H](C(=O)Nc2cccc(F)c2)C1. The highest BCUT2D eigenvalue weighted by atomic mass is 32.2. The molecule has 2 aliphatic rings. The van der Waals surface area contributed by atoms with E-state index in [1.165, 1.54) is 27.2 Å². The van der Waals surface area contributed by atoms with Gasteiger partial charge < -0.3 is 10.2 Å². The van der Waals surface area contributed by atoms with E-state index in [9.17, 15) is 22.4 Å². The number of halogens is 1. The first-order valence-electron chi connectivity index (χ1n) is 11.5. The summed E-state index contributed by atoms with van der Waals surface area (Å²) in [5.74, 6) is -1.43. The van der Waals surface area contributed by atoms with Crippen molar-refractivity contribution in [1.29, 1.82) is 0 Å². The standard InChI is InChI=1S/C23H30FN5O4S/c1-16-22(17(2)29(26-16)15-21(30)27-10-3-4-11-27)34(32,33)28-12-6-7-18(14-28)23(31)25-20-9-5-8-19(24)13-20/h5,8-9,13,18H,3-4,6-7,10-12,14-15H2,1-2H3,(H,25,31)/t18-/m1/s1. The Kier molecular flexibility index (Phi) is 7.04. The first-order valence-corrected chi connectivity index (χ1v) is 13.0. The van der Waals surface area contributed by atoms with Gasteiger partial charge in [0, 0.05) is 31.9 Å². The molecule has 0 aliphatic carbocycles. The van der Waals surface area contributed by atoms with Gasteiger partial charge in [0.25, 0.3) is 0 Å². The van der Waals surface area contributed by atoms with Gasteiger partial charge in [-0.2, -0.15) is 9.40 Å². The van der Waals surface area contributed by atoms with Crippen molar-refractivity contribution in [3.05, 3.63) is 41.5 Å². The quantitative estimate of drug-likeness (QED) is 0.668. The second-order valence-corrected chi connectivity index (χ2v) is 10.8. The molecule has 4 rings (SSSR count). The first kappa shape index (κ1) is 24.3. The molecule has 2 amide bonds. The van der Waals surface area contributed by atoms with Crippen molar-refractivity contribution in [1.82, 2.24) is 19.0 Å². The van der Waals surface area contributed by atoms with E-state index in [-0.39, 0.29) is 29.8 Å². The highest BCUT2D eigenvalue weighted by Gasteiger charge is 2.36. The predicted octanol–water partition coefficient (Wildman–Crippen LogP) is 2.30. The van der Waals surface area contributed by atoms with E-state index >= 15 is 0 Å². The zero-order chi connectivity index (χ0) is 24.5. The normalized spacial score (nSPS) is 19.4. The Morgan fingerprint density at radius 1 is 1.15 bits per heavy atom. The van der Waals surface area contributed by atoms with Crippen molar-refractivity contribution in [2.75, 3.05) is 31.5 Å². The average molecular weight is 492 g/mol. The van der Waals surface area contributed by atoms with Crippen LogP contribution in [0.3, 0.4) is 0 Å². The summed E-state index contributed by atoms with van der Waals surface area (Å²) in [5.41, 5.74) is 1.08. The minimum Gasteiger partial charge on any atom is -0.341 e. The maximum absolute atomic E-state index is 13.6. The fourth-order valence-electron chi connectivity index (χ4n) is 4.72. The van der Waals surface area contributed by atoms with E-state index in [0.29, 0.717) is 36.5 Å². The number of carbonyl (C=O) groups excluding carboxylic acids is 2. The maximum Gasteiger partial charge on any atom is 0.246 e. The highest BCUT2D eigenvalue weighted by molar-refractivity contribution is 7.89. The maximum atomic E-state index is 13.6. The molecule has 2 aromatic rings. The van der Waals surface area contributed by atoms with Gasteiger partial charge in [-0.25, -0.2) is 12.8 Å². The van der Waals surface area contributed by atoms with Crippen LogP contribution in [0.15, 0.2) is 29.2 Å². The van der Waals surface area contributed by atoms with Crippen molar-refractivity contribution in [2.24, 2.45) is 5.92 Å². The fourth-order valence-corrected chi connectivity index (χ4v) is 6.61. The van der Waals surface area contributed by atoms with Crippen LogP contribution < -0.4 is 5.32 Å². The van der Waals surface area contributed by atoms with Crippen molar-refractivity contribution in [3.63, 3.8) is 0 Å². The molecule has 3 heterocycles. The molecule has 9 nitrogen and oxygen atoms in total. The van der Waals surface area contributed by atoms with Crippen molar-refractivity contribution in [2.45, 2.75) is 51.0 Å². The van der Waals surface area contributed by atoms with Gasteiger partial charge in [-0.15, -0.1) is 0 Å². The Balaban J connectivity index is 1.49. The molecule has 1 N–H and O–H groups in total. The van der Waals surface area contributed by atoms with E-state index in [4.69, 9.17) is 0 Å². The van der Waals surface area contributed by atoms with E-state index in [2.05, 4.69) is 10.4 Å². The Morgan fingerprint density at radius 3 is 2.59 bits per heavy atom. The molecule has 2 saturated heterocycles. The molecule has 11 heteroatoms. The lowest BCUT2D eigenvalue weighted by atomic mass is 9.99. The van der Waals surface area contributed by atoms with E-state index in [1.54, 1.807) is 24.8 Å². The van der Waals surface area contributed by atoms with E-state index in [1.807, 2.05) is 0 Å². The summed E-state index contributed by atoms with van der Waals surface area (Å²) in [6, 6.07) is 5.59. The molecule has 184 valence electrons. The molecule has 2 aliphatic heterocycles. The number of amides is 2. The molecule has 2 fully saturated rings. The van der Waals surface area contributed by atoms with Crippen molar-refractivity contribution >= 4 is 27.5 Å². The number of hydrogen-bond donors (Lipinski definition) is 1. The third kappa shape index (κ3) is 5.00. The molecule has 34 heavy (non-hydrogen) atoms. The summed E-state index contributed by atoms with van der Waals surface area (Å²) in [5, 5.41) is 7.03. The van der Waals surface area contributed by atoms with Gasteiger partial charge in [-0.05, 0) is 57.7 Å². The number of piperidine rings is 1. The molecule has 1 aromatic heterocycles. The average Bonchev–Trinajstić information content (AvgIpc) is 3.42. The second kappa shape index (κ2) is 9.83. The van der Waals surface area contributed by atoms with Gasteiger partial charge in [-0.3, -0.25) is 14.3 Å². The topological polar surface area (TPSA) is 105 Å². The zero-order valence-electron chi connectivity index (χ0n) is 19.5.